The molecule has 0 aromatic heterocycles. The van der Waals surface area contributed by atoms with E-state index >= 15 is 0 Å². The van der Waals surface area contributed by atoms with Crippen molar-refractivity contribution in [3.63, 3.8) is 0 Å². The normalized spacial score (nSPS) is 15.7. The third kappa shape index (κ3) is 5.70. The fraction of sp³-hybridized carbons (Fsp3) is 0.381. The number of morpholine rings is 1. The lowest BCUT2D eigenvalue weighted by Crippen LogP contribution is -2.44. The van der Waals surface area contributed by atoms with Crippen molar-refractivity contribution in [1.82, 2.24) is 10.2 Å². The SMILES string of the molecule is COc1cccc([C@@H](CNC(=O)COc2ccccc2)N2CCOCC2)c1. The molecule has 6 heteroatoms. The van der Waals surface area contributed by atoms with E-state index in [9.17, 15) is 4.79 Å². The van der Waals surface area contributed by atoms with Gasteiger partial charge in [-0.3, -0.25) is 9.69 Å². The van der Waals surface area contributed by atoms with Crippen molar-refractivity contribution < 1.29 is 19.0 Å². The van der Waals surface area contributed by atoms with Gasteiger partial charge in [0, 0.05) is 19.6 Å². The molecule has 3 rings (SSSR count). The molecule has 2 aromatic carbocycles. The summed E-state index contributed by atoms with van der Waals surface area (Å²) >= 11 is 0. The lowest BCUT2D eigenvalue weighted by molar-refractivity contribution is -0.123. The van der Waals surface area contributed by atoms with Crippen LogP contribution in [-0.4, -0.2) is 57.4 Å². The van der Waals surface area contributed by atoms with Gasteiger partial charge in [0.25, 0.3) is 5.91 Å². The lowest BCUT2D eigenvalue weighted by Gasteiger charge is -2.35. The molecule has 1 fully saturated rings. The number of methoxy groups -OCH3 is 1. The van der Waals surface area contributed by atoms with Crippen molar-refractivity contribution in [2.24, 2.45) is 0 Å². The summed E-state index contributed by atoms with van der Waals surface area (Å²) in [5.41, 5.74) is 1.11. The average Bonchev–Trinajstić information content (AvgIpc) is 2.74. The van der Waals surface area contributed by atoms with E-state index in [4.69, 9.17) is 14.2 Å². The van der Waals surface area contributed by atoms with E-state index in [1.807, 2.05) is 48.5 Å². The van der Waals surface area contributed by atoms with Gasteiger partial charge in [0.1, 0.15) is 11.5 Å². The van der Waals surface area contributed by atoms with E-state index in [0.29, 0.717) is 25.5 Å². The van der Waals surface area contributed by atoms with Gasteiger partial charge in [0.2, 0.25) is 0 Å². The van der Waals surface area contributed by atoms with Crippen LogP contribution < -0.4 is 14.8 Å². The number of carbonyl (C=O) groups is 1. The Morgan fingerprint density at radius 1 is 1.11 bits per heavy atom. The Labute approximate surface area is 160 Å². The van der Waals surface area contributed by atoms with Crippen LogP contribution in [0.4, 0.5) is 0 Å². The monoisotopic (exact) mass is 370 g/mol. The van der Waals surface area contributed by atoms with Gasteiger partial charge in [0.05, 0.1) is 26.4 Å². The summed E-state index contributed by atoms with van der Waals surface area (Å²) in [6, 6.07) is 17.4. The molecule has 1 aliphatic rings. The van der Waals surface area contributed by atoms with Crippen molar-refractivity contribution >= 4 is 5.91 Å². The molecule has 0 spiro atoms. The second-order valence-electron chi connectivity index (χ2n) is 6.35. The smallest absolute Gasteiger partial charge is 0.258 e. The minimum atomic E-state index is -0.139. The van der Waals surface area contributed by atoms with E-state index in [1.54, 1.807) is 7.11 Å². The molecule has 0 saturated carbocycles. The molecule has 0 aliphatic carbocycles. The van der Waals surface area contributed by atoms with Gasteiger partial charge in [-0.2, -0.15) is 0 Å². The highest BCUT2D eigenvalue weighted by Gasteiger charge is 2.23. The van der Waals surface area contributed by atoms with Crippen LogP contribution in [-0.2, 0) is 9.53 Å². The number of nitrogens with one attached hydrogen (secondary N) is 1. The first-order valence-electron chi connectivity index (χ1n) is 9.16. The zero-order valence-corrected chi connectivity index (χ0v) is 15.6. The van der Waals surface area contributed by atoms with E-state index in [1.165, 1.54) is 0 Å². The minimum absolute atomic E-state index is 0.00203. The topological polar surface area (TPSA) is 60.0 Å². The molecule has 6 nitrogen and oxygen atoms in total. The molecule has 1 amide bonds. The van der Waals surface area contributed by atoms with E-state index in [2.05, 4.69) is 16.3 Å². The Morgan fingerprint density at radius 3 is 2.59 bits per heavy atom. The second kappa shape index (κ2) is 9.94. The highest BCUT2D eigenvalue weighted by molar-refractivity contribution is 5.77. The zero-order valence-electron chi connectivity index (χ0n) is 15.6. The van der Waals surface area contributed by atoms with Gasteiger partial charge in [-0.25, -0.2) is 0 Å². The molecule has 2 aromatic rings. The number of hydrogen-bond acceptors (Lipinski definition) is 5. The highest BCUT2D eigenvalue weighted by atomic mass is 16.5. The Kier molecular flexibility index (Phi) is 7.07. The Balaban J connectivity index is 1.61. The largest absolute Gasteiger partial charge is 0.497 e. The van der Waals surface area contributed by atoms with Crippen LogP contribution >= 0.6 is 0 Å². The molecule has 0 unspecified atom stereocenters. The molecular weight excluding hydrogens is 344 g/mol. The fourth-order valence-corrected chi connectivity index (χ4v) is 3.12. The summed E-state index contributed by atoms with van der Waals surface area (Å²) in [6.45, 7) is 3.57. The van der Waals surface area contributed by atoms with Gasteiger partial charge in [-0.1, -0.05) is 30.3 Å². The third-order valence-corrected chi connectivity index (χ3v) is 4.57. The Morgan fingerprint density at radius 2 is 1.85 bits per heavy atom. The summed E-state index contributed by atoms with van der Waals surface area (Å²) in [4.78, 5) is 14.6. The number of amides is 1. The van der Waals surface area contributed by atoms with Crippen molar-refractivity contribution in [2.45, 2.75) is 6.04 Å². The molecule has 0 radical (unpaired) electrons. The summed E-state index contributed by atoms with van der Waals surface area (Å²) in [7, 11) is 1.66. The number of benzene rings is 2. The van der Waals surface area contributed by atoms with Crippen molar-refractivity contribution in [3.05, 3.63) is 60.2 Å². The first kappa shape index (κ1) is 19.2. The maximum absolute atomic E-state index is 12.3. The molecule has 1 saturated heterocycles. The summed E-state index contributed by atoms with van der Waals surface area (Å²) in [5.74, 6) is 1.36. The third-order valence-electron chi connectivity index (χ3n) is 4.57. The minimum Gasteiger partial charge on any atom is -0.497 e. The van der Waals surface area contributed by atoms with Gasteiger partial charge in [0.15, 0.2) is 6.61 Å². The highest BCUT2D eigenvalue weighted by Crippen LogP contribution is 2.24. The van der Waals surface area contributed by atoms with Gasteiger partial charge in [-0.05, 0) is 29.8 Å². The van der Waals surface area contributed by atoms with Gasteiger partial charge in [-0.15, -0.1) is 0 Å². The molecule has 1 heterocycles. The molecule has 27 heavy (non-hydrogen) atoms. The summed E-state index contributed by atoms with van der Waals surface area (Å²) in [6.07, 6.45) is 0. The Hall–Kier alpha value is -2.57. The molecule has 0 bridgehead atoms. The summed E-state index contributed by atoms with van der Waals surface area (Å²) in [5, 5.41) is 3.00. The van der Waals surface area contributed by atoms with Crippen LogP contribution in [0.3, 0.4) is 0 Å². The Bertz CT molecular complexity index is 717. The number of rotatable bonds is 8. The predicted molar refractivity (Wildman–Crippen MR) is 103 cm³/mol. The molecule has 1 N–H and O–H groups in total. The van der Waals surface area contributed by atoms with Crippen molar-refractivity contribution in [1.29, 1.82) is 0 Å². The number of nitrogens with zero attached hydrogens (tertiary/aromatic N) is 1. The quantitative estimate of drug-likeness (QED) is 0.772. The molecule has 1 atom stereocenters. The fourth-order valence-electron chi connectivity index (χ4n) is 3.12. The van der Waals surface area contributed by atoms with E-state index < -0.39 is 0 Å². The average molecular weight is 370 g/mol. The second-order valence-corrected chi connectivity index (χ2v) is 6.35. The maximum atomic E-state index is 12.3. The maximum Gasteiger partial charge on any atom is 0.258 e. The first-order chi connectivity index (χ1) is 13.3. The predicted octanol–water partition coefficient (Wildman–Crippen LogP) is 2.26. The number of ether oxygens (including phenoxy) is 3. The lowest BCUT2D eigenvalue weighted by atomic mass is 10.0. The van der Waals surface area contributed by atoms with E-state index in [0.717, 1.165) is 24.4 Å². The molecular formula is C21H26N2O4. The van der Waals surface area contributed by atoms with Gasteiger partial charge < -0.3 is 19.5 Å². The van der Waals surface area contributed by atoms with Crippen molar-refractivity contribution in [3.8, 4) is 11.5 Å². The van der Waals surface area contributed by atoms with Crippen LogP contribution in [0.1, 0.15) is 11.6 Å². The molecule has 1 aliphatic heterocycles. The van der Waals surface area contributed by atoms with E-state index in [-0.39, 0.29) is 18.6 Å². The van der Waals surface area contributed by atoms with Crippen molar-refractivity contribution in [2.75, 3.05) is 46.6 Å². The first-order valence-corrected chi connectivity index (χ1v) is 9.16. The van der Waals surface area contributed by atoms with Crippen LogP contribution in [0.25, 0.3) is 0 Å². The van der Waals surface area contributed by atoms with Crippen LogP contribution in [0.5, 0.6) is 11.5 Å². The number of carbonyl (C=O) groups excluding carboxylic acids is 1. The van der Waals surface area contributed by atoms with Crippen LogP contribution in [0.2, 0.25) is 0 Å². The number of hydrogen-bond donors (Lipinski definition) is 1. The van der Waals surface area contributed by atoms with Crippen LogP contribution in [0, 0.1) is 0 Å². The molecule has 144 valence electrons. The number of para-hydroxylation sites is 1. The van der Waals surface area contributed by atoms with Crippen LogP contribution in [0.15, 0.2) is 54.6 Å². The van der Waals surface area contributed by atoms with Gasteiger partial charge >= 0.3 is 0 Å². The zero-order chi connectivity index (χ0) is 18.9. The standard InChI is InChI=1S/C21H26N2O4/c1-25-19-9-5-6-17(14-19)20(23-10-12-26-13-11-23)15-22-21(24)16-27-18-7-3-2-4-8-18/h2-9,14,20H,10-13,15-16H2,1H3,(H,22,24)/t20-/m1/s1. The summed E-state index contributed by atoms with van der Waals surface area (Å²) < 4.78 is 16.3.